The monoisotopic (exact) mass is 401 g/mol. The quantitative estimate of drug-likeness (QED) is 0.383. The first-order valence-electron chi connectivity index (χ1n) is 9.69. The Kier molecular flexibility index (Phi) is 8.51. The lowest BCUT2D eigenvalue weighted by molar-refractivity contribution is 0.601. The van der Waals surface area contributed by atoms with Gasteiger partial charge in [0.1, 0.15) is 0 Å². The number of sulfone groups is 1. The van der Waals surface area contributed by atoms with Crippen molar-refractivity contribution >= 4 is 15.8 Å². The predicted octanol–water partition coefficient (Wildman–Crippen LogP) is 3.58. The van der Waals surface area contributed by atoms with Gasteiger partial charge < -0.3 is 10.6 Å². The fourth-order valence-corrected chi connectivity index (χ4v) is 3.60. The number of nitrogens with one attached hydrogen (secondary N) is 2. The summed E-state index contributed by atoms with van der Waals surface area (Å²) in [5, 5.41) is 6.71. The second-order valence-corrected chi connectivity index (χ2v) is 9.26. The minimum Gasteiger partial charge on any atom is -0.356 e. The molecule has 0 aliphatic heterocycles. The maximum atomic E-state index is 11.7. The van der Waals surface area contributed by atoms with Gasteiger partial charge in [0.25, 0.3) is 0 Å². The van der Waals surface area contributed by atoms with Gasteiger partial charge in [0.15, 0.2) is 15.8 Å². The first kappa shape index (κ1) is 22.0. The van der Waals surface area contributed by atoms with E-state index in [1.165, 1.54) is 11.8 Å². The van der Waals surface area contributed by atoms with Gasteiger partial charge in [0.2, 0.25) is 0 Å². The molecule has 2 aromatic carbocycles. The maximum absolute atomic E-state index is 11.7. The van der Waals surface area contributed by atoms with Crippen LogP contribution in [0.4, 0.5) is 0 Å². The zero-order valence-corrected chi connectivity index (χ0v) is 17.8. The van der Waals surface area contributed by atoms with Crippen LogP contribution in [0.2, 0.25) is 0 Å². The van der Waals surface area contributed by atoms with E-state index in [0.29, 0.717) is 13.1 Å². The van der Waals surface area contributed by atoms with Gasteiger partial charge in [-0.05, 0) is 30.0 Å². The number of hydrogen-bond donors (Lipinski definition) is 2. The summed E-state index contributed by atoms with van der Waals surface area (Å²) >= 11 is 0. The number of guanidine groups is 1. The highest BCUT2D eigenvalue weighted by atomic mass is 32.2. The van der Waals surface area contributed by atoms with Gasteiger partial charge in [-0.15, -0.1) is 0 Å². The minimum atomic E-state index is -3.08. The molecule has 0 fully saturated rings. The van der Waals surface area contributed by atoms with Gasteiger partial charge in [-0.1, -0.05) is 67.4 Å². The molecule has 0 unspecified atom stereocenters. The minimum absolute atomic E-state index is 0.0456. The number of aliphatic imine (C=N–C) groups is 1. The third-order valence-electron chi connectivity index (χ3n) is 4.35. The fourth-order valence-electron chi connectivity index (χ4n) is 2.75. The Bertz CT molecular complexity index is 875. The van der Waals surface area contributed by atoms with E-state index in [0.717, 1.165) is 42.0 Å². The lowest BCUT2D eigenvalue weighted by Crippen LogP contribution is -2.37. The molecule has 2 rings (SSSR count). The molecule has 28 heavy (non-hydrogen) atoms. The molecule has 152 valence electrons. The molecule has 0 saturated carbocycles. The molecule has 0 saturated heterocycles. The molecule has 2 N–H and O–H groups in total. The van der Waals surface area contributed by atoms with Crippen LogP contribution in [0.15, 0.2) is 53.5 Å². The van der Waals surface area contributed by atoms with Crippen LogP contribution in [-0.4, -0.2) is 27.2 Å². The third-order valence-corrected chi connectivity index (χ3v) is 5.18. The van der Waals surface area contributed by atoms with Crippen molar-refractivity contribution in [1.29, 1.82) is 0 Å². The molecule has 0 radical (unpaired) electrons. The van der Waals surface area contributed by atoms with Crippen LogP contribution in [0.3, 0.4) is 0 Å². The van der Waals surface area contributed by atoms with E-state index in [1.54, 1.807) is 0 Å². The largest absolute Gasteiger partial charge is 0.356 e. The van der Waals surface area contributed by atoms with E-state index in [9.17, 15) is 8.42 Å². The van der Waals surface area contributed by atoms with Crippen molar-refractivity contribution in [2.24, 2.45) is 4.99 Å². The summed E-state index contributed by atoms with van der Waals surface area (Å²) in [6.07, 6.45) is 3.43. The molecule has 0 spiro atoms. The summed E-state index contributed by atoms with van der Waals surface area (Å²) < 4.78 is 23.4. The van der Waals surface area contributed by atoms with Gasteiger partial charge in [0, 0.05) is 19.3 Å². The van der Waals surface area contributed by atoms with Crippen molar-refractivity contribution in [2.45, 2.75) is 45.5 Å². The molecule has 6 heteroatoms. The van der Waals surface area contributed by atoms with E-state index in [-0.39, 0.29) is 5.75 Å². The summed E-state index contributed by atoms with van der Waals surface area (Å²) in [6, 6.07) is 16.0. The highest BCUT2D eigenvalue weighted by molar-refractivity contribution is 7.89. The SMILES string of the molecule is CCCCNC(=NCc1ccc(C)cc1)NCc1ccccc1CS(C)(=O)=O. The van der Waals surface area contributed by atoms with Crippen molar-refractivity contribution in [1.82, 2.24) is 10.6 Å². The number of hydrogen-bond acceptors (Lipinski definition) is 3. The molecular formula is C22H31N3O2S. The number of unbranched alkanes of at least 4 members (excludes halogenated alkanes) is 1. The van der Waals surface area contributed by atoms with Crippen molar-refractivity contribution in [3.63, 3.8) is 0 Å². The van der Waals surface area contributed by atoms with E-state index < -0.39 is 9.84 Å². The predicted molar refractivity (Wildman–Crippen MR) is 117 cm³/mol. The molecule has 0 aliphatic rings. The standard InChI is InChI=1S/C22H31N3O2S/c1-4-5-14-23-22(24-15-19-12-10-18(2)11-13-19)25-16-20-8-6-7-9-21(20)17-28(3,26)27/h6-13H,4-5,14-17H2,1-3H3,(H2,23,24,25). The van der Waals surface area contributed by atoms with Crippen LogP contribution in [0.25, 0.3) is 0 Å². The van der Waals surface area contributed by atoms with Crippen LogP contribution in [0.5, 0.6) is 0 Å². The first-order chi connectivity index (χ1) is 13.4. The Balaban J connectivity index is 2.08. The van der Waals surface area contributed by atoms with Crippen molar-refractivity contribution in [3.05, 3.63) is 70.8 Å². The highest BCUT2D eigenvalue weighted by Gasteiger charge is 2.09. The normalized spacial score (nSPS) is 12.0. The van der Waals surface area contributed by atoms with E-state index >= 15 is 0 Å². The summed E-state index contributed by atoms with van der Waals surface area (Å²) in [7, 11) is -3.08. The van der Waals surface area contributed by atoms with E-state index in [4.69, 9.17) is 4.99 Å². The number of aryl methyl sites for hydroxylation is 1. The van der Waals surface area contributed by atoms with Crippen LogP contribution in [-0.2, 0) is 28.7 Å². The van der Waals surface area contributed by atoms with Gasteiger partial charge in [0.05, 0.1) is 12.3 Å². The second kappa shape index (κ2) is 10.9. The van der Waals surface area contributed by atoms with E-state index in [2.05, 4.69) is 48.7 Å². The van der Waals surface area contributed by atoms with Crippen LogP contribution < -0.4 is 10.6 Å². The molecule has 0 heterocycles. The van der Waals surface area contributed by atoms with Crippen LogP contribution in [0, 0.1) is 6.92 Å². The van der Waals surface area contributed by atoms with Crippen LogP contribution in [0.1, 0.15) is 42.0 Å². The first-order valence-corrected chi connectivity index (χ1v) is 11.8. The summed E-state index contributed by atoms with van der Waals surface area (Å²) in [4.78, 5) is 4.69. The van der Waals surface area contributed by atoms with Gasteiger partial charge >= 0.3 is 0 Å². The molecule has 0 bridgehead atoms. The average Bonchev–Trinajstić information content (AvgIpc) is 2.65. The number of benzene rings is 2. The molecule has 2 aromatic rings. The maximum Gasteiger partial charge on any atom is 0.191 e. The van der Waals surface area contributed by atoms with Gasteiger partial charge in [-0.25, -0.2) is 13.4 Å². The number of nitrogens with zero attached hydrogens (tertiary/aromatic N) is 1. The lowest BCUT2D eigenvalue weighted by Gasteiger charge is -2.14. The van der Waals surface area contributed by atoms with Crippen molar-refractivity contribution < 1.29 is 8.42 Å². The zero-order valence-electron chi connectivity index (χ0n) is 17.0. The molecule has 0 atom stereocenters. The third kappa shape index (κ3) is 8.13. The van der Waals surface area contributed by atoms with Crippen molar-refractivity contribution in [3.8, 4) is 0 Å². The zero-order chi connectivity index (χ0) is 20.4. The Morgan fingerprint density at radius 3 is 2.32 bits per heavy atom. The number of rotatable bonds is 9. The smallest absolute Gasteiger partial charge is 0.191 e. The van der Waals surface area contributed by atoms with E-state index in [1.807, 2.05) is 24.3 Å². The average molecular weight is 402 g/mol. The fraction of sp³-hybridized carbons (Fsp3) is 0.409. The van der Waals surface area contributed by atoms with Gasteiger partial charge in [-0.2, -0.15) is 0 Å². The summed E-state index contributed by atoms with van der Waals surface area (Å²) in [5.74, 6) is 0.785. The Morgan fingerprint density at radius 2 is 1.68 bits per heavy atom. The second-order valence-electron chi connectivity index (χ2n) is 7.12. The molecule has 0 aliphatic carbocycles. The molecule has 5 nitrogen and oxygen atoms in total. The van der Waals surface area contributed by atoms with Crippen molar-refractivity contribution in [2.75, 3.05) is 12.8 Å². The molecule has 0 amide bonds. The molecular weight excluding hydrogens is 370 g/mol. The van der Waals surface area contributed by atoms with Gasteiger partial charge in [-0.3, -0.25) is 0 Å². The summed E-state index contributed by atoms with van der Waals surface area (Å²) in [6.45, 7) is 6.19. The Morgan fingerprint density at radius 1 is 1.00 bits per heavy atom. The van der Waals surface area contributed by atoms with Crippen LogP contribution >= 0.6 is 0 Å². The topological polar surface area (TPSA) is 70.6 Å². The Labute approximate surface area is 169 Å². The highest BCUT2D eigenvalue weighted by Crippen LogP contribution is 2.12. The molecule has 0 aromatic heterocycles. The Hall–Kier alpha value is -2.34. The summed E-state index contributed by atoms with van der Waals surface area (Å²) in [5.41, 5.74) is 4.17. The lowest BCUT2D eigenvalue weighted by atomic mass is 10.1.